The molecule has 0 aliphatic heterocycles. The minimum absolute atomic E-state index is 0.0257. The number of fused-ring (bicyclic) bond motifs is 4. The number of para-hydroxylation sites is 1. The molecule has 0 saturated heterocycles. The van der Waals surface area contributed by atoms with Gasteiger partial charge in [-0.1, -0.05) is 74.4 Å². The largest absolute Gasteiger partial charge is 0.462 e. The third-order valence-corrected chi connectivity index (χ3v) is 9.41. The van der Waals surface area contributed by atoms with Crippen molar-refractivity contribution in [2.75, 3.05) is 18.9 Å². The van der Waals surface area contributed by atoms with Crippen LogP contribution in [0.1, 0.15) is 65.7 Å². The van der Waals surface area contributed by atoms with Crippen LogP contribution in [0.25, 0.3) is 32.7 Å². The third kappa shape index (κ3) is 7.93. The lowest BCUT2D eigenvalue weighted by molar-refractivity contribution is -0.149. The molecule has 0 amide bonds. The standard InChI is InChI=1S/C35H44N5O6P/c1-6-8-16-26(40-31(22-43-7-2)38-32-33(40)28-18-11-12-19-29(28)37-34(32)36)21-44-47(42,39-24(5)35(41)45-23(3)4)46-30-20-13-15-25-14-9-10-17-27(25)30/h9-15,17-20,23-24,26H,6-8,16,21-22H2,1-5H3,(H2,36,37)(H,39,42)/t24-,26-,47?/m0/s1. The first-order valence-electron chi connectivity index (χ1n) is 16.2. The molecule has 2 aromatic heterocycles. The number of nitrogens with two attached hydrogens (primary N) is 1. The summed E-state index contributed by atoms with van der Waals surface area (Å²) in [6.07, 6.45) is 2.12. The van der Waals surface area contributed by atoms with E-state index in [4.69, 9.17) is 29.2 Å². The number of carbonyl (C=O) groups is 1. The summed E-state index contributed by atoms with van der Waals surface area (Å²) in [4.78, 5) is 22.3. The van der Waals surface area contributed by atoms with E-state index >= 15 is 0 Å². The van der Waals surface area contributed by atoms with Crippen molar-refractivity contribution in [3.8, 4) is 5.75 Å². The van der Waals surface area contributed by atoms with Crippen LogP contribution in [0.4, 0.5) is 5.82 Å². The summed E-state index contributed by atoms with van der Waals surface area (Å²) in [6, 6.07) is 19.6. The number of esters is 1. The second-order valence-corrected chi connectivity index (χ2v) is 13.4. The van der Waals surface area contributed by atoms with Gasteiger partial charge in [0.1, 0.15) is 29.7 Å². The van der Waals surface area contributed by atoms with E-state index in [1.54, 1.807) is 26.8 Å². The van der Waals surface area contributed by atoms with Gasteiger partial charge >= 0.3 is 13.7 Å². The lowest BCUT2D eigenvalue weighted by Crippen LogP contribution is -2.36. The normalized spacial score (nSPS) is 14.4. The van der Waals surface area contributed by atoms with Gasteiger partial charge in [-0.3, -0.25) is 9.32 Å². The van der Waals surface area contributed by atoms with E-state index in [1.165, 1.54) is 0 Å². The van der Waals surface area contributed by atoms with Crippen molar-refractivity contribution >= 4 is 52.2 Å². The molecule has 3 N–H and O–H groups in total. The van der Waals surface area contributed by atoms with E-state index < -0.39 is 19.8 Å². The van der Waals surface area contributed by atoms with Crippen LogP contribution in [0.3, 0.4) is 0 Å². The summed E-state index contributed by atoms with van der Waals surface area (Å²) in [7, 11) is -4.19. The smallest absolute Gasteiger partial charge is 0.459 e. The predicted molar refractivity (Wildman–Crippen MR) is 185 cm³/mol. The van der Waals surface area contributed by atoms with E-state index in [-0.39, 0.29) is 25.4 Å². The average molecular weight is 662 g/mol. The Morgan fingerprint density at radius 3 is 2.45 bits per heavy atom. The number of imidazole rings is 1. The highest BCUT2D eigenvalue weighted by molar-refractivity contribution is 7.52. The number of ether oxygens (including phenoxy) is 2. The van der Waals surface area contributed by atoms with Gasteiger partial charge in [0, 0.05) is 17.4 Å². The Labute approximate surface area is 275 Å². The second-order valence-electron chi connectivity index (χ2n) is 11.7. The number of anilines is 1. The minimum Gasteiger partial charge on any atom is -0.462 e. The van der Waals surface area contributed by atoms with Gasteiger partial charge in [0.2, 0.25) is 0 Å². The highest BCUT2D eigenvalue weighted by Gasteiger charge is 2.35. The van der Waals surface area contributed by atoms with Gasteiger partial charge in [0.05, 0.1) is 29.8 Å². The number of rotatable bonds is 16. The summed E-state index contributed by atoms with van der Waals surface area (Å²) >= 11 is 0. The van der Waals surface area contributed by atoms with Crippen LogP contribution in [0.15, 0.2) is 66.7 Å². The maximum atomic E-state index is 14.7. The number of benzene rings is 3. The highest BCUT2D eigenvalue weighted by Crippen LogP contribution is 2.48. The van der Waals surface area contributed by atoms with E-state index in [0.717, 1.165) is 40.0 Å². The van der Waals surface area contributed by atoms with Crippen molar-refractivity contribution in [1.29, 1.82) is 0 Å². The van der Waals surface area contributed by atoms with Crippen LogP contribution in [0, 0.1) is 0 Å². The average Bonchev–Trinajstić information content (AvgIpc) is 3.44. The Balaban J connectivity index is 1.57. The van der Waals surface area contributed by atoms with Gasteiger partial charge in [-0.15, -0.1) is 0 Å². The molecule has 0 bridgehead atoms. The molecule has 250 valence electrons. The Bertz CT molecular complexity index is 1890. The molecular formula is C35H44N5O6P. The monoisotopic (exact) mass is 661 g/mol. The van der Waals surface area contributed by atoms with E-state index in [0.29, 0.717) is 35.9 Å². The first kappa shape index (κ1) is 34.3. The zero-order valence-corrected chi connectivity index (χ0v) is 28.5. The SMILES string of the molecule is CCCC[C@@H](COP(=O)(N[C@@H](C)C(=O)OC(C)C)Oc1cccc2ccccc12)n1c(COCC)nc2c(N)nc3ccccc3c21. The van der Waals surface area contributed by atoms with Crippen molar-refractivity contribution in [1.82, 2.24) is 19.6 Å². The molecule has 0 aliphatic rings. The lowest BCUT2D eigenvalue weighted by Gasteiger charge is -2.27. The molecule has 1 unspecified atom stereocenters. The number of aromatic nitrogens is 3. The zero-order valence-electron chi connectivity index (χ0n) is 27.6. The fourth-order valence-corrected chi connectivity index (χ4v) is 7.13. The number of unbranched alkanes of at least 4 members (excludes halogenated alkanes) is 1. The number of hydrogen-bond donors (Lipinski definition) is 2. The molecule has 0 saturated carbocycles. The number of hydrogen-bond acceptors (Lipinski definition) is 9. The summed E-state index contributed by atoms with van der Waals surface area (Å²) < 4.78 is 40.6. The van der Waals surface area contributed by atoms with Crippen LogP contribution in [0.5, 0.6) is 5.75 Å². The molecule has 0 spiro atoms. The summed E-state index contributed by atoms with van der Waals surface area (Å²) in [6.45, 7) is 9.84. The van der Waals surface area contributed by atoms with Crippen molar-refractivity contribution in [3.05, 3.63) is 72.6 Å². The maximum Gasteiger partial charge on any atom is 0.459 e. The summed E-state index contributed by atoms with van der Waals surface area (Å²) in [5.41, 5.74) is 8.56. The molecule has 3 atom stereocenters. The predicted octanol–water partition coefficient (Wildman–Crippen LogP) is 7.72. The van der Waals surface area contributed by atoms with Gasteiger partial charge in [-0.05, 0) is 51.6 Å². The van der Waals surface area contributed by atoms with E-state index in [9.17, 15) is 9.36 Å². The number of nitrogens with one attached hydrogen (secondary N) is 1. The van der Waals surface area contributed by atoms with Crippen molar-refractivity contribution in [3.63, 3.8) is 0 Å². The van der Waals surface area contributed by atoms with Crippen LogP contribution in [0.2, 0.25) is 0 Å². The second kappa shape index (κ2) is 15.3. The quantitative estimate of drug-likeness (QED) is 0.0798. The fraction of sp³-hybridized carbons (Fsp3) is 0.400. The number of nitrogen functional groups attached to an aromatic ring is 1. The Hall–Kier alpha value is -4.02. The molecule has 0 aliphatic carbocycles. The van der Waals surface area contributed by atoms with Crippen molar-refractivity contribution in [2.24, 2.45) is 0 Å². The molecule has 5 rings (SSSR count). The van der Waals surface area contributed by atoms with Gasteiger partial charge in [0.15, 0.2) is 5.82 Å². The van der Waals surface area contributed by atoms with Gasteiger partial charge in [-0.2, -0.15) is 5.09 Å². The first-order chi connectivity index (χ1) is 22.6. The Kier molecular flexibility index (Phi) is 11.1. The number of nitrogens with zero attached hydrogens (tertiary/aromatic N) is 3. The van der Waals surface area contributed by atoms with Crippen LogP contribution in [-0.4, -0.2) is 45.9 Å². The molecular weight excluding hydrogens is 617 g/mol. The number of pyridine rings is 1. The third-order valence-electron chi connectivity index (χ3n) is 7.78. The number of carbonyl (C=O) groups excluding carboxylic acids is 1. The van der Waals surface area contributed by atoms with Gasteiger partial charge in [0.25, 0.3) is 0 Å². The van der Waals surface area contributed by atoms with Crippen molar-refractivity contribution < 1.29 is 27.9 Å². The molecule has 2 heterocycles. The van der Waals surface area contributed by atoms with Crippen LogP contribution in [-0.2, 0) is 30.0 Å². The molecule has 0 radical (unpaired) electrons. The molecule has 12 heteroatoms. The first-order valence-corrected chi connectivity index (χ1v) is 17.7. The fourth-order valence-electron chi connectivity index (χ4n) is 5.59. The molecule has 47 heavy (non-hydrogen) atoms. The lowest BCUT2D eigenvalue weighted by atomic mass is 10.1. The summed E-state index contributed by atoms with van der Waals surface area (Å²) in [5.74, 6) is 0.767. The van der Waals surface area contributed by atoms with Gasteiger partial charge in [-0.25, -0.2) is 14.5 Å². The topological polar surface area (TPSA) is 140 Å². The maximum absolute atomic E-state index is 14.7. The molecule has 5 aromatic rings. The van der Waals surface area contributed by atoms with E-state index in [1.807, 2.05) is 67.6 Å². The van der Waals surface area contributed by atoms with Crippen LogP contribution >= 0.6 is 7.75 Å². The van der Waals surface area contributed by atoms with Crippen molar-refractivity contribution in [2.45, 2.75) is 78.7 Å². The van der Waals surface area contributed by atoms with Crippen LogP contribution < -0.4 is 15.3 Å². The van der Waals surface area contributed by atoms with Gasteiger partial charge < -0.3 is 24.3 Å². The Morgan fingerprint density at radius 2 is 1.70 bits per heavy atom. The Morgan fingerprint density at radius 1 is 0.979 bits per heavy atom. The zero-order chi connectivity index (χ0) is 33.6. The molecule has 3 aromatic carbocycles. The minimum atomic E-state index is -4.19. The van der Waals surface area contributed by atoms with E-state index in [2.05, 4.69) is 21.6 Å². The molecule has 0 fully saturated rings. The summed E-state index contributed by atoms with van der Waals surface area (Å²) in [5, 5.41) is 5.40. The molecule has 11 nitrogen and oxygen atoms in total. The highest BCUT2D eigenvalue weighted by atomic mass is 31.2.